The van der Waals surface area contributed by atoms with E-state index in [2.05, 4.69) is 4.98 Å². The van der Waals surface area contributed by atoms with Gasteiger partial charge in [-0.3, -0.25) is 0 Å². The summed E-state index contributed by atoms with van der Waals surface area (Å²) >= 11 is 0. The van der Waals surface area contributed by atoms with Gasteiger partial charge < -0.3 is 10.5 Å². The third kappa shape index (κ3) is 1.91. The zero-order valence-corrected chi connectivity index (χ0v) is 6.74. The van der Waals surface area contributed by atoms with Crippen LogP contribution in [0.25, 0.3) is 0 Å². The summed E-state index contributed by atoms with van der Waals surface area (Å²) in [6.45, 7) is 1.89. The fourth-order valence-corrected chi connectivity index (χ4v) is 0.798. The summed E-state index contributed by atoms with van der Waals surface area (Å²) in [5, 5.41) is 0. The zero-order chi connectivity index (χ0) is 8.27. The fourth-order valence-electron chi connectivity index (χ4n) is 0.798. The molecule has 0 saturated heterocycles. The van der Waals surface area contributed by atoms with Crippen LogP contribution < -0.4 is 10.5 Å². The lowest BCUT2D eigenvalue weighted by atomic mass is 10.2. The maximum atomic E-state index is 5.62. The number of nitrogens with zero attached hydrogens (tertiary/aromatic N) is 1. The van der Waals surface area contributed by atoms with Crippen LogP contribution in [0, 0.1) is 0 Å². The van der Waals surface area contributed by atoms with Crippen molar-refractivity contribution in [2.24, 2.45) is 5.73 Å². The van der Waals surface area contributed by atoms with Crippen LogP contribution in [-0.4, -0.2) is 12.1 Å². The number of pyridine rings is 1. The Hall–Kier alpha value is -1.09. The largest absolute Gasteiger partial charge is 0.481 e. The van der Waals surface area contributed by atoms with Gasteiger partial charge in [0.25, 0.3) is 0 Å². The number of hydrogen-bond acceptors (Lipinski definition) is 3. The Morgan fingerprint density at radius 3 is 2.82 bits per heavy atom. The van der Waals surface area contributed by atoms with Gasteiger partial charge in [0.05, 0.1) is 12.8 Å². The lowest BCUT2D eigenvalue weighted by Gasteiger charge is -2.05. The number of methoxy groups -OCH3 is 1. The molecule has 0 radical (unpaired) electrons. The van der Waals surface area contributed by atoms with E-state index in [1.807, 2.05) is 19.1 Å². The minimum absolute atomic E-state index is 0.0369. The molecule has 1 aromatic rings. The molecule has 1 heterocycles. The van der Waals surface area contributed by atoms with Crippen molar-refractivity contribution in [1.82, 2.24) is 4.98 Å². The first-order valence-corrected chi connectivity index (χ1v) is 3.50. The van der Waals surface area contributed by atoms with Gasteiger partial charge in [0, 0.05) is 12.1 Å². The van der Waals surface area contributed by atoms with E-state index in [0.717, 1.165) is 5.69 Å². The molecule has 0 amide bonds. The molecular weight excluding hydrogens is 140 g/mol. The average Bonchev–Trinajstić information content (AvgIpc) is 2.05. The first-order valence-electron chi connectivity index (χ1n) is 3.50. The Bertz CT molecular complexity index is 235. The summed E-state index contributed by atoms with van der Waals surface area (Å²) in [6, 6.07) is 5.52. The third-order valence-electron chi connectivity index (χ3n) is 1.42. The van der Waals surface area contributed by atoms with Crippen LogP contribution in [0.15, 0.2) is 18.2 Å². The Balaban J connectivity index is 2.91. The van der Waals surface area contributed by atoms with Crippen molar-refractivity contribution < 1.29 is 4.74 Å². The highest BCUT2D eigenvalue weighted by Crippen LogP contribution is 2.10. The van der Waals surface area contributed by atoms with Gasteiger partial charge in [0.1, 0.15) is 0 Å². The van der Waals surface area contributed by atoms with Crippen molar-refractivity contribution in [2.75, 3.05) is 7.11 Å². The van der Waals surface area contributed by atoms with E-state index in [4.69, 9.17) is 10.5 Å². The second kappa shape index (κ2) is 3.34. The van der Waals surface area contributed by atoms with Crippen molar-refractivity contribution in [3.8, 4) is 5.88 Å². The molecule has 60 valence electrons. The smallest absolute Gasteiger partial charge is 0.213 e. The fraction of sp³-hybridized carbons (Fsp3) is 0.375. The molecule has 1 rings (SSSR count). The maximum absolute atomic E-state index is 5.62. The molecule has 2 N–H and O–H groups in total. The highest BCUT2D eigenvalue weighted by Gasteiger charge is 2.00. The molecule has 11 heavy (non-hydrogen) atoms. The highest BCUT2D eigenvalue weighted by molar-refractivity contribution is 5.17. The lowest BCUT2D eigenvalue weighted by molar-refractivity contribution is 0.395. The molecule has 0 aliphatic heterocycles. The molecule has 0 bridgehead atoms. The quantitative estimate of drug-likeness (QED) is 0.690. The van der Waals surface area contributed by atoms with Crippen LogP contribution in [-0.2, 0) is 0 Å². The van der Waals surface area contributed by atoms with E-state index in [9.17, 15) is 0 Å². The number of rotatable bonds is 2. The van der Waals surface area contributed by atoms with Crippen LogP contribution in [0.2, 0.25) is 0 Å². The first kappa shape index (κ1) is 8.01. The van der Waals surface area contributed by atoms with Crippen molar-refractivity contribution in [2.45, 2.75) is 13.0 Å². The molecule has 0 fully saturated rings. The summed E-state index contributed by atoms with van der Waals surface area (Å²) in [5.41, 5.74) is 6.47. The van der Waals surface area contributed by atoms with E-state index < -0.39 is 0 Å². The molecule has 0 aromatic carbocycles. The van der Waals surface area contributed by atoms with Gasteiger partial charge in [-0.15, -0.1) is 0 Å². The summed E-state index contributed by atoms with van der Waals surface area (Å²) in [5.74, 6) is 0.611. The van der Waals surface area contributed by atoms with Gasteiger partial charge in [-0.1, -0.05) is 6.07 Å². The first-order chi connectivity index (χ1) is 5.24. The molecule has 3 nitrogen and oxygen atoms in total. The van der Waals surface area contributed by atoms with Gasteiger partial charge in [-0.2, -0.15) is 0 Å². The Labute approximate surface area is 66.2 Å². The molecule has 0 saturated carbocycles. The van der Waals surface area contributed by atoms with E-state index in [-0.39, 0.29) is 6.04 Å². The molecule has 0 unspecified atom stereocenters. The van der Waals surface area contributed by atoms with Crippen molar-refractivity contribution in [3.63, 3.8) is 0 Å². The molecule has 0 aliphatic carbocycles. The second-order valence-electron chi connectivity index (χ2n) is 2.39. The standard InChI is InChI=1S/C8H12N2O/c1-6(9)7-4-3-5-8(10-7)11-2/h3-6H,9H2,1-2H3/t6-/m1/s1. The topological polar surface area (TPSA) is 48.1 Å². The minimum atomic E-state index is -0.0369. The van der Waals surface area contributed by atoms with Crippen LogP contribution >= 0.6 is 0 Å². The van der Waals surface area contributed by atoms with Crippen LogP contribution in [0.4, 0.5) is 0 Å². The SMILES string of the molecule is COc1cccc([C@@H](C)N)n1. The Morgan fingerprint density at radius 1 is 1.55 bits per heavy atom. The Morgan fingerprint density at radius 2 is 2.27 bits per heavy atom. The highest BCUT2D eigenvalue weighted by atomic mass is 16.5. The van der Waals surface area contributed by atoms with Gasteiger partial charge in [0.2, 0.25) is 5.88 Å². The predicted molar refractivity (Wildman–Crippen MR) is 43.4 cm³/mol. The number of nitrogens with two attached hydrogens (primary N) is 1. The lowest BCUT2D eigenvalue weighted by Crippen LogP contribution is -2.07. The summed E-state index contributed by atoms with van der Waals surface area (Å²) in [4.78, 5) is 4.14. The monoisotopic (exact) mass is 152 g/mol. The molecular formula is C8H12N2O. The second-order valence-corrected chi connectivity index (χ2v) is 2.39. The predicted octanol–water partition coefficient (Wildman–Crippen LogP) is 1.11. The average molecular weight is 152 g/mol. The number of aromatic nitrogens is 1. The summed E-state index contributed by atoms with van der Waals surface area (Å²) in [7, 11) is 1.59. The van der Waals surface area contributed by atoms with E-state index in [1.165, 1.54) is 0 Å². The van der Waals surface area contributed by atoms with Gasteiger partial charge in [0.15, 0.2) is 0 Å². The van der Waals surface area contributed by atoms with E-state index in [1.54, 1.807) is 13.2 Å². The molecule has 1 aromatic heterocycles. The minimum Gasteiger partial charge on any atom is -0.481 e. The van der Waals surface area contributed by atoms with E-state index >= 15 is 0 Å². The van der Waals surface area contributed by atoms with Gasteiger partial charge in [-0.25, -0.2) is 4.98 Å². The normalized spacial score (nSPS) is 12.6. The van der Waals surface area contributed by atoms with Crippen LogP contribution in [0.1, 0.15) is 18.7 Å². The molecule has 3 heteroatoms. The summed E-state index contributed by atoms with van der Waals surface area (Å²) < 4.78 is 4.94. The number of ether oxygens (including phenoxy) is 1. The van der Waals surface area contributed by atoms with Gasteiger partial charge in [-0.05, 0) is 13.0 Å². The van der Waals surface area contributed by atoms with Crippen molar-refractivity contribution >= 4 is 0 Å². The zero-order valence-electron chi connectivity index (χ0n) is 6.74. The maximum Gasteiger partial charge on any atom is 0.213 e. The molecule has 0 spiro atoms. The van der Waals surface area contributed by atoms with Crippen LogP contribution in [0.3, 0.4) is 0 Å². The van der Waals surface area contributed by atoms with Crippen molar-refractivity contribution in [1.29, 1.82) is 0 Å². The van der Waals surface area contributed by atoms with Crippen molar-refractivity contribution in [3.05, 3.63) is 23.9 Å². The summed E-state index contributed by atoms with van der Waals surface area (Å²) in [6.07, 6.45) is 0. The Kier molecular flexibility index (Phi) is 2.44. The number of hydrogen-bond donors (Lipinski definition) is 1. The van der Waals surface area contributed by atoms with Crippen LogP contribution in [0.5, 0.6) is 5.88 Å². The third-order valence-corrected chi connectivity index (χ3v) is 1.42. The van der Waals surface area contributed by atoms with E-state index in [0.29, 0.717) is 5.88 Å². The molecule has 1 atom stereocenters. The van der Waals surface area contributed by atoms with Gasteiger partial charge >= 0.3 is 0 Å². The molecule has 0 aliphatic rings.